The second-order valence-electron chi connectivity index (χ2n) is 5.98. The second kappa shape index (κ2) is 8.49. The van der Waals surface area contributed by atoms with Crippen LogP contribution in [0.3, 0.4) is 0 Å². The Morgan fingerprint density at radius 1 is 1.22 bits per heavy atom. The summed E-state index contributed by atoms with van der Waals surface area (Å²) >= 11 is 2.65. The van der Waals surface area contributed by atoms with E-state index < -0.39 is 0 Å². The number of carbonyl (C=O) groups excluding carboxylic acids is 1. The number of rotatable bonds is 7. The summed E-state index contributed by atoms with van der Waals surface area (Å²) < 4.78 is 7.71. The maximum absolute atomic E-state index is 12.0. The molecule has 1 aromatic carbocycles. The summed E-state index contributed by atoms with van der Waals surface area (Å²) in [6.45, 7) is 6.18. The van der Waals surface area contributed by atoms with E-state index in [0.29, 0.717) is 22.7 Å². The van der Waals surface area contributed by atoms with Crippen LogP contribution < -0.4 is 10.1 Å². The van der Waals surface area contributed by atoms with Crippen molar-refractivity contribution >= 4 is 34.1 Å². The zero-order chi connectivity index (χ0) is 19.4. The lowest BCUT2D eigenvalue weighted by atomic mass is 10.1. The lowest BCUT2D eigenvalue weighted by Gasteiger charge is -2.09. The Hall–Kier alpha value is -2.46. The second-order valence-corrected chi connectivity index (χ2v) is 8.10. The van der Waals surface area contributed by atoms with Gasteiger partial charge in [-0.15, -0.1) is 20.4 Å². The number of thioether (sulfide) groups is 1. The van der Waals surface area contributed by atoms with Gasteiger partial charge in [0.1, 0.15) is 17.4 Å². The van der Waals surface area contributed by atoms with Gasteiger partial charge in [-0.3, -0.25) is 10.1 Å². The molecular weight excluding hydrogens is 384 g/mol. The Bertz CT molecular complexity index is 953. The van der Waals surface area contributed by atoms with E-state index in [4.69, 9.17) is 4.74 Å². The first-order chi connectivity index (χ1) is 12.9. The number of aromatic nitrogens is 5. The van der Waals surface area contributed by atoms with Gasteiger partial charge in [-0.2, -0.15) is 0 Å². The fourth-order valence-corrected chi connectivity index (χ4v) is 3.57. The van der Waals surface area contributed by atoms with Crippen LogP contribution in [0.15, 0.2) is 23.4 Å². The Balaban J connectivity index is 1.55. The molecule has 0 aliphatic rings. The molecule has 3 rings (SSSR count). The first-order valence-electron chi connectivity index (χ1n) is 8.23. The molecule has 2 heterocycles. The van der Waals surface area contributed by atoms with Crippen LogP contribution in [-0.2, 0) is 18.4 Å². The minimum Gasteiger partial charge on any atom is -0.485 e. The SMILES string of the molecule is Cc1ccc(C)c(OCc2nnc(SCC(=O)Nc3nnc(C)s3)n2C)c1. The minimum atomic E-state index is -0.160. The highest BCUT2D eigenvalue weighted by molar-refractivity contribution is 7.99. The Kier molecular flexibility index (Phi) is 6.07. The van der Waals surface area contributed by atoms with E-state index >= 15 is 0 Å². The summed E-state index contributed by atoms with van der Waals surface area (Å²) in [5, 5.41) is 20.7. The van der Waals surface area contributed by atoms with Gasteiger partial charge >= 0.3 is 0 Å². The molecule has 0 atom stereocenters. The average Bonchev–Trinajstić information content (AvgIpc) is 3.19. The Morgan fingerprint density at radius 3 is 2.78 bits per heavy atom. The topological polar surface area (TPSA) is 94.8 Å². The first-order valence-corrected chi connectivity index (χ1v) is 10.0. The Labute approximate surface area is 165 Å². The van der Waals surface area contributed by atoms with Gasteiger partial charge < -0.3 is 9.30 Å². The number of nitrogens with one attached hydrogen (secondary N) is 1. The highest BCUT2D eigenvalue weighted by Crippen LogP contribution is 2.22. The largest absolute Gasteiger partial charge is 0.485 e. The molecule has 0 spiro atoms. The van der Waals surface area contributed by atoms with E-state index in [9.17, 15) is 4.79 Å². The molecule has 1 N–H and O–H groups in total. The number of hydrogen-bond acceptors (Lipinski definition) is 8. The van der Waals surface area contributed by atoms with Gasteiger partial charge in [0.15, 0.2) is 11.0 Å². The summed E-state index contributed by atoms with van der Waals surface area (Å²) in [6.07, 6.45) is 0. The molecule has 0 radical (unpaired) electrons. The summed E-state index contributed by atoms with van der Waals surface area (Å²) in [5.74, 6) is 1.58. The molecule has 3 aromatic rings. The summed E-state index contributed by atoms with van der Waals surface area (Å²) in [5.41, 5.74) is 2.21. The molecule has 142 valence electrons. The highest BCUT2D eigenvalue weighted by Gasteiger charge is 2.13. The van der Waals surface area contributed by atoms with E-state index in [-0.39, 0.29) is 11.7 Å². The zero-order valence-electron chi connectivity index (χ0n) is 15.5. The molecule has 0 saturated carbocycles. The maximum atomic E-state index is 12.0. The van der Waals surface area contributed by atoms with Crippen molar-refractivity contribution in [2.75, 3.05) is 11.1 Å². The van der Waals surface area contributed by atoms with Crippen LogP contribution in [0.5, 0.6) is 5.75 Å². The van der Waals surface area contributed by atoms with Crippen LogP contribution in [0.2, 0.25) is 0 Å². The normalized spacial score (nSPS) is 10.8. The van der Waals surface area contributed by atoms with Crippen molar-refractivity contribution in [2.24, 2.45) is 7.05 Å². The van der Waals surface area contributed by atoms with E-state index in [0.717, 1.165) is 21.9 Å². The lowest BCUT2D eigenvalue weighted by molar-refractivity contribution is -0.113. The van der Waals surface area contributed by atoms with E-state index in [1.807, 2.05) is 50.6 Å². The zero-order valence-corrected chi connectivity index (χ0v) is 17.1. The molecular formula is C17H20N6O2S2. The molecule has 0 bridgehead atoms. The van der Waals surface area contributed by atoms with Gasteiger partial charge in [-0.05, 0) is 38.0 Å². The van der Waals surface area contributed by atoms with Crippen molar-refractivity contribution in [1.29, 1.82) is 0 Å². The number of nitrogens with zero attached hydrogens (tertiary/aromatic N) is 5. The van der Waals surface area contributed by atoms with Crippen LogP contribution in [0, 0.1) is 20.8 Å². The summed E-state index contributed by atoms with van der Waals surface area (Å²) in [7, 11) is 1.86. The predicted octanol–water partition coefficient (Wildman–Crippen LogP) is 2.90. The van der Waals surface area contributed by atoms with E-state index in [1.165, 1.54) is 23.1 Å². The third-order valence-corrected chi connectivity index (χ3v) is 5.50. The van der Waals surface area contributed by atoms with Gasteiger partial charge in [0, 0.05) is 7.05 Å². The van der Waals surface area contributed by atoms with Crippen molar-refractivity contribution in [1.82, 2.24) is 25.0 Å². The van der Waals surface area contributed by atoms with Crippen LogP contribution in [0.25, 0.3) is 0 Å². The van der Waals surface area contributed by atoms with Gasteiger partial charge in [-0.1, -0.05) is 35.2 Å². The van der Waals surface area contributed by atoms with Crippen molar-refractivity contribution in [3.8, 4) is 5.75 Å². The quantitative estimate of drug-likeness (QED) is 0.605. The van der Waals surface area contributed by atoms with Crippen molar-refractivity contribution in [2.45, 2.75) is 32.5 Å². The van der Waals surface area contributed by atoms with Crippen LogP contribution in [-0.4, -0.2) is 36.6 Å². The third-order valence-electron chi connectivity index (χ3n) is 3.73. The Morgan fingerprint density at radius 2 is 2.04 bits per heavy atom. The fourth-order valence-electron chi connectivity index (χ4n) is 2.23. The molecule has 0 unspecified atom stereocenters. The van der Waals surface area contributed by atoms with Crippen LogP contribution in [0.1, 0.15) is 22.0 Å². The molecule has 0 fully saturated rings. The summed E-state index contributed by atoms with van der Waals surface area (Å²) in [6, 6.07) is 6.08. The van der Waals surface area contributed by atoms with Gasteiger partial charge in [-0.25, -0.2) is 0 Å². The fraction of sp³-hybridized carbons (Fsp3) is 0.353. The average molecular weight is 405 g/mol. The monoisotopic (exact) mass is 404 g/mol. The van der Waals surface area contributed by atoms with Gasteiger partial charge in [0.05, 0.1) is 5.75 Å². The number of carbonyl (C=O) groups is 1. The smallest absolute Gasteiger partial charge is 0.236 e. The first kappa shape index (κ1) is 19.3. The molecule has 2 aromatic heterocycles. The highest BCUT2D eigenvalue weighted by atomic mass is 32.2. The number of hydrogen-bond donors (Lipinski definition) is 1. The van der Waals surface area contributed by atoms with Gasteiger partial charge in [0.25, 0.3) is 0 Å². The molecule has 0 saturated heterocycles. The van der Waals surface area contributed by atoms with E-state index in [2.05, 4.69) is 25.7 Å². The van der Waals surface area contributed by atoms with Gasteiger partial charge in [0.2, 0.25) is 11.0 Å². The van der Waals surface area contributed by atoms with Crippen LogP contribution >= 0.6 is 23.1 Å². The number of aryl methyl sites for hydroxylation is 3. The lowest BCUT2D eigenvalue weighted by Crippen LogP contribution is -2.14. The molecule has 0 aliphatic heterocycles. The molecule has 0 aliphatic carbocycles. The molecule has 27 heavy (non-hydrogen) atoms. The number of amides is 1. The minimum absolute atomic E-state index is 0.160. The number of ether oxygens (including phenoxy) is 1. The predicted molar refractivity (Wildman–Crippen MR) is 105 cm³/mol. The number of anilines is 1. The van der Waals surface area contributed by atoms with Crippen LogP contribution in [0.4, 0.5) is 5.13 Å². The van der Waals surface area contributed by atoms with Crippen molar-refractivity contribution in [3.05, 3.63) is 40.2 Å². The summed E-state index contributed by atoms with van der Waals surface area (Å²) in [4.78, 5) is 12.0. The molecule has 1 amide bonds. The standard InChI is InChI=1S/C17H20N6O2S2/c1-10-5-6-11(2)13(7-10)25-8-14-20-22-17(23(14)4)26-9-15(24)18-16-21-19-12(3)27-16/h5-7H,8-9H2,1-4H3,(H,18,21,24). The maximum Gasteiger partial charge on any atom is 0.236 e. The van der Waals surface area contributed by atoms with Crippen molar-refractivity contribution < 1.29 is 9.53 Å². The van der Waals surface area contributed by atoms with Crippen molar-refractivity contribution in [3.63, 3.8) is 0 Å². The molecule has 10 heteroatoms. The third kappa shape index (κ3) is 5.04. The number of benzene rings is 1. The van der Waals surface area contributed by atoms with E-state index in [1.54, 1.807) is 0 Å². The molecule has 8 nitrogen and oxygen atoms in total.